The number of hydrogen-bond acceptors (Lipinski definition) is 4. The number of anilines is 1. The molecule has 0 atom stereocenters. The van der Waals surface area contributed by atoms with Gasteiger partial charge < -0.3 is 15.4 Å². The molecule has 0 heterocycles. The van der Waals surface area contributed by atoms with E-state index in [0.29, 0.717) is 17.3 Å². The van der Waals surface area contributed by atoms with Gasteiger partial charge in [0.1, 0.15) is 0 Å². The van der Waals surface area contributed by atoms with E-state index in [2.05, 4.69) is 15.4 Å². The first kappa shape index (κ1) is 14.5. The van der Waals surface area contributed by atoms with Gasteiger partial charge in [-0.1, -0.05) is 23.7 Å². The number of carbonyl (C=O) groups is 2. The Morgan fingerprint density at radius 3 is 2.72 bits per heavy atom. The first-order valence-electron chi connectivity index (χ1n) is 5.45. The second-order valence-electron chi connectivity index (χ2n) is 3.53. The fraction of sp³-hybridized carbons (Fsp3) is 0.333. The fourth-order valence-electron chi connectivity index (χ4n) is 1.25. The number of para-hydroxylation sites is 1. The summed E-state index contributed by atoms with van der Waals surface area (Å²) in [5, 5.41) is 5.98. The molecule has 0 unspecified atom stereocenters. The molecule has 18 heavy (non-hydrogen) atoms. The van der Waals surface area contributed by atoms with E-state index in [1.54, 1.807) is 24.3 Å². The minimum absolute atomic E-state index is 0.113. The average Bonchev–Trinajstić information content (AvgIpc) is 2.37. The molecule has 0 bridgehead atoms. The van der Waals surface area contributed by atoms with Crippen LogP contribution in [0.5, 0.6) is 0 Å². The molecule has 0 saturated carbocycles. The second-order valence-corrected chi connectivity index (χ2v) is 3.94. The minimum atomic E-state index is -0.311. The van der Waals surface area contributed by atoms with Crippen molar-refractivity contribution in [3.05, 3.63) is 29.3 Å². The van der Waals surface area contributed by atoms with Gasteiger partial charge in [-0.15, -0.1) is 0 Å². The topological polar surface area (TPSA) is 67.4 Å². The lowest BCUT2D eigenvalue weighted by molar-refractivity contribution is -0.140. The number of halogens is 1. The predicted molar refractivity (Wildman–Crippen MR) is 69.6 cm³/mol. The molecule has 1 amide bonds. The van der Waals surface area contributed by atoms with Gasteiger partial charge >= 0.3 is 5.97 Å². The molecule has 6 heteroatoms. The molecule has 0 aromatic heterocycles. The Labute approximate surface area is 110 Å². The molecular formula is C12H15ClN2O3. The Bertz CT molecular complexity index is 424. The quantitative estimate of drug-likeness (QED) is 0.606. The van der Waals surface area contributed by atoms with Gasteiger partial charge in [0.15, 0.2) is 0 Å². The van der Waals surface area contributed by atoms with E-state index in [1.807, 2.05) is 0 Å². The Hall–Kier alpha value is -1.59. The normalized spacial score (nSPS) is 9.89. The van der Waals surface area contributed by atoms with Crippen molar-refractivity contribution in [3.8, 4) is 0 Å². The van der Waals surface area contributed by atoms with Crippen LogP contribution in [0.4, 0.5) is 5.69 Å². The van der Waals surface area contributed by atoms with Crippen LogP contribution in [0, 0.1) is 0 Å². The van der Waals surface area contributed by atoms with E-state index in [0.717, 1.165) is 0 Å². The number of esters is 1. The fourth-order valence-corrected chi connectivity index (χ4v) is 1.43. The molecule has 0 aliphatic carbocycles. The van der Waals surface area contributed by atoms with Gasteiger partial charge in [-0.25, -0.2) is 0 Å². The van der Waals surface area contributed by atoms with Crippen molar-refractivity contribution in [1.29, 1.82) is 0 Å². The molecule has 1 rings (SSSR count). The summed E-state index contributed by atoms with van der Waals surface area (Å²) < 4.78 is 4.47. The third-order valence-corrected chi connectivity index (χ3v) is 2.50. The zero-order valence-electron chi connectivity index (χ0n) is 10.0. The number of methoxy groups -OCH3 is 1. The molecule has 0 spiro atoms. The van der Waals surface area contributed by atoms with Crippen LogP contribution in [0.15, 0.2) is 24.3 Å². The van der Waals surface area contributed by atoms with Crippen LogP contribution >= 0.6 is 11.6 Å². The van der Waals surface area contributed by atoms with Gasteiger partial charge in [-0.3, -0.25) is 9.59 Å². The monoisotopic (exact) mass is 270 g/mol. The summed E-state index contributed by atoms with van der Waals surface area (Å²) in [6.45, 7) is 0.505. The number of hydrogen-bond donors (Lipinski definition) is 2. The highest BCUT2D eigenvalue weighted by Crippen LogP contribution is 2.19. The molecule has 1 aromatic rings. The smallest absolute Gasteiger partial charge is 0.306 e. The van der Waals surface area contributed by atoms with Crippen molar-refractivity contribution in [2.75, 3.05) is 25.5 Å². The van der Waals surface area contributed by atoms with Crippen molar-refractivity contribution < 1.29 is 14.3 Å². The summed E-state index contributed by atoms with van der Waals surface area (Å²) in [6, 6.07) is 6.98. The standard InChI is InChI=1S/C12H15ClN2O3/c1-18-12(17)6-7-14-8-11(16)15-10-5-3-2-4-9(10)13/h2-5,14H,6-8H2,1H3,(H,15,16). The summed E-state index contributed by atoms with van der Waals surface area (Å²) in [7, 11) is 1.33. The lowest BCUT2D eigenvalue weighted by Gasteiger charge is -2.07. The largest absolute Gasteiger partial charge is 0.469 e. The highest BCUT2D eigenvalue weighted by molar-refractivity contribution is 6.33. The van der Waals surface area contributed by atoms with Crippen LogP contribution in [0.2, 0.25) is 5.02 Å². The van der Waals surface area contributed by atoms with Gasteiger partial charge in [0.05, 0.1) is 30.8 Å². The van der Waals surface area contributed by atoms with E-state index in [4.69, 9.17) is 11.6 Å². The van der Waals surface area contributed by atoms with Crippen molar-refractivity contribution in [3.63, 3.8) is 0 Å². The van der Waals surface area contributed by atoms with E-state index >= 15 is 0 Å². The minimum Gasteiger partial charge on any atom is -0.469 e. The van der Waals surface area contributed by atoms with Crippen LogP contribution in [-0.4, -0.2) is 32.1 Å². The van der Waals surface area contributed by atoms with Crippen LogP contribution < -0.4 is 10.6 Å². The number of benzene rings is 1. The Morgan fingerprint density at radius 2 is 2.06 bits per heavy atom. The number of rotatable bonds is 6. The van der Waals surface area contributed by atoms with Crippen molar-refractivity contribution in [2.24, 2.45) is 0 Å². The molecule has 98 valence electrons. The first-order valence-corrected chi connectivity index (χ1v) is 5.83. The molecule has 0 aliphatic rings. The average molecular weight is 271 g/mol. The van der Waals surface area contributed by atoms with E-state index in [-0.39, 0.29) is 24.8 Å². The van der Waals surface area contributed by atoms with Gasteiger partial charge in [0, 0.05) is 6.54 Å². The molecule has 0 fully saturated rings. The number of carbonyl (C=O) groups excluding carboxylic acids is 2. The lowest BCUT2D eigenvalue weighted by Crippen LogP contribution is -2.29. The Kier molecular flexibility index (Phi) is 6.18. The Balaban J connectivity index is 2.26. The van der Waals surface area contributed by atoms with Crippen molar-refractivity contribution >= 4 is 29.2 Å². The maximum atomic E-state index is 11.5. The highest BCUT2D eigenvalue weighted by atomic mass is 35.5. The van der Waals surface area contributed by atoms with Crippen LogP contribution in [0.3, 0.4) is 0 Å². The summed E-state index contributed by atoms with van der Waals surface area (Å²) in [5.74, 6) is -0.526. The molecule has 0 saturated heterocycles. The molecule has 0 radical (unpaired) electrons. The SMILES string of the molecule is COC(=O)CCNCC(=O)Nc1ccccc1Cl. The molecular weight excluding hydrogens is 256 g/mol. The van der Waals surface area contributed by atoms with Crippen molar-refractivity contribution in [2.45, 2.75) is 6.42 Å². The van der Waals surface area contributed by atoms with Crippen LogP contribution in [0.1, 0.15) is 6.42 Å². The zero-order chi connectivity index (χ0) is 13.4. The summed E-state index contributed by atoms with van der Waals surface area (Å²) in [5.41, 5.74) is 0.568. The lowest BCUT2D eigenvalue weighted by atomic mass is 10.3. The van der Waals surface area contributed by atoms with Crippen LogP contribution in [0.25, 0.3) is 0 Å². The highest BCUT2D eigenvalue weighted by Gasteiger charge is 2.05. The molecule has 0 aliphatic heterocycles. The van der Waals surface area contributed by atoms with Gasteiger partial charge in [-0.05, 0) is 12.1 Å². The van der Waals surface area contributed by atoms with E-state index in [1.165, 1.54) is 7.11 Å². The molecule has 5 nitrogen and oxygen atoms in total. The molecule has 1 aromatic carbocycles. The summed E-state index contributed by atoms with van der Waals surface area (Å²) in [6.07, 6.45) is 0.232. The van der Waals surface area contributed by atoms with E-state index in [9.17, 15) is 9.59 Å². The van der Waals surface area contributed by atoms with E-state index < -0.39 is 0 Å². The van der Waals surface area contributed by atoms with Gasteiger partial charge in [-0.2, -0.15) is 0 Å². The van der Waals surface area contributed by atoms with Crippen molar-refractivity contribution in [1.82, 2.24) is 5.32 Å². The third kappa shape index (κ3) is 5.16. The number of nitrogens with one attached hydrogen (secondary N) is 2. The second kappa shape index (κ2) is 7.68. The number of ether oxygens (including phenoxy) is 1. The van der Waals surface area contributed by atoms with Gasteiger partial charge in [0.2, 0.25) is 5.91 Å². The Morgan fingerprint density at radius 1 is 1.33 bits per heavy atom. The van der Waals surface area contributed by atoms with Crippen LogP contribution in [-0.2, 0) is 14.3 Å². The number of amides is 1. The third-order valence-electron chi connectivity index (χ3n) is 2.17. The maximum Gasteiger partial charge on any atom is 0.306 e. The summed E-state index contributed by atoms with van der Waals surface area (Å²) in [4.78, 5) is 22.3. The maximum absolute atomic E-state index is 11.5. The zero-order valence-corrected chi connectivity index (χ0v) is 10.8. The van der Waals surface area contributed by atoms with Gasteiger partial charge in [0.25, 0.3) is 0 Å². The predicted octanol–water partition coefficient (Wildman–Crippen LogP) is 1.43. The summed E-state index contributed by atoms with van der Waals surface area (Å²) >= 11 is 5.89. The first-order chi connectivity index (χ1) is 8.63. The molecule has 2 N–H and O–H groups in total.